The van der Waals surface area contributed by atoms with Crippen LogP contribution in [0, 0.1) is 0 Å². The molecule has 1 rings (SSSR count). The third kappa shape index (κ3) is 11.8. The second-order valence-corrected chi connectivity index (χ2v) is 3.21. The van der Waals surface area contributed by atoms with Gasteiger partial charge in [-0.2, -0.15) is 0 Å². The van der Waals surface area contributed by atoms with Gasteiger partial charge in [-0.3, -0.25) is 0 Å². The van der Waals surface area contributed by atoms with E-state index in [-0.39, 0.29) is 0 Å². The number of nitrogens with two attached hydrogens (primary N) is 1. The topological polar surface area (TPSA) is 107 Å². The Labute approximate surface area is 70.8 Å². The lowest BCUT2D eigenvalue weighted by Crippen LogP contribution is -2.33. The van der Waals surface area contributed by atoms with Gasteiger partial charge in [-0.15, -0.1) is 0 Å². The third-order valence-electron chi connectivity index (χ3n) is 0.800. The van der Waals surface area contributed by atoms with Crippen molar-refractivity contribution in [3.8, 4) is 0 Å². The first kappa shape index (κ1) is 11.1. The first-order chi connectivity index (χ1) is 5.39. The van der Waals surface area contributed by atoms with Crippen LogP contribution in [-0.4, -0.2) is 28.2 Å². The Morgan fingerprint density at radius 3 is 1.42 bits per heavy atom. The van der Waals surface area contributed by atoms with Gasteiger partial charge >= 0.3 is 9.05 Å². The maximum atomic E-state index is 7.33. The molecule has 6 N–H and O–H groups in total. The Morgan fingerprint density at radius 2 is 1.25 bits per heavy atom. The molecule has 0 aliphatic rings. The molecule has 12 heavy (non-hydrogen) atoms. The van der Waals surface area contributed by atoms with E-state index in [0.29, 0.717) is 0 Å². The van der Waals surface area contributed by atoms with E-state index in [1.165, 1.54) is 0 Å². The molecule has 0 unspecified atom stereocenters. The summed E-state index contributed by atoms with van der Waals surface area (Å²) in [6.45, 7) is 0. The van der Waals surface area contributed by atoms with Crippen molar-refractivity contribution in [2.45, 2.75) is 0 Å². The third-order valence-corrected chi connectivity index (χ3v) is 0.800. The van der Waals surface area contributed by atoms with E-state index < -0.39 is 9.05 Å². The van der Waals surface area contributed by atoms with Gasteiger partial charge in [-0.05, 0) is 12.1 Å². The van der Waals surface area contributed by atoms with Crippen molar-refractivity contribution in [2.24, 2.45) is 0 Å². The summed E-state index contributed by atoms with van der Waals surface area (Å²) in [6.07, 6.45) is 0. The molecule has 0 fully saturated rings. The Hall–Kier alpha value is -0.923. The minimum atomic E-state index is -4.61. The molecular weight excluding hydrogens is 178 g/mol. The maximum absolute atomic E-state index is 7.33. The van der Waals surface area contributed by atoms with Gasteiger partial charge in [0.15, 0.2) is 0 Å². The Kier molecular flexibility index (Phi) is 4.48. The van der Waals surface area contributed by atoms with Crippen LogP contribution >= 0.6 is 0 Å². The molecule has 0 atom stereocenters. The average Bonchev–Trinajstić information content (AvgIpc) is 1.85. The van der Waals surface area contributed by atoms with Crippen molar-refractivity contribution in [3.05, 3.63) is 30.3 Å². The van der Waals surface area contributed by atoms with Crippen molar-refractivity contribution in [1.82, 2.24) is 0 Å². The predicted octanol–water partition coefficient (Wildman–Crippen LogP) is -1.34. The van der Waals surface area contributed by atoms with E-state index in [9.17, 15) is 0 Å². The highest BCUT2D eigenvalue weighted by Gasteiger charge is 2.22. The van der Waals surface area contributed by atoms with Crippen molar-refractivity contribution in [3.63, 3.8) is 0 Å². The van der Waals surface area contributed by atoms with Gasteiger partial charge < -0.3 is 24.9 Å². The van der Waals surface area contributed by atoms with Crippen LogP contribution in [0.4, 0.5) is 5.69 Å². The van der Waals surface area contributed by atoms with Gasteiger partial charge in [-0.25, -0.2) is 0 Å². The number of rotatable bonds is 0. The van der Waals surface area contributed by atoms with Crippen molar-refractivity contribution >= 4 is 14.7 Å². The number of anilines is 1. The first-order valence-electron chi connectivity index (χ1n) is 3.09. The van der Waals surface area contributed by atoms with Crippen LogP contribution in [0.3, 0.4) is 0 Å². The Balaban J connectivity index is 0.000000217. The van der Waals surface area contributed by atoms with Gasteiger partial charge in [0.05, 0.1) is 0 Å². The maximum Gasteiger partial charge on any atom is 0.668 e. The summed E-state index contributed by atoms with van der Waals surface area (Å²) < 4.78 is 0. The van der Waals surface area contributed by atoms with E-state index >= 15 is 0 Å². The second kappa shape index (κ2) is 4.86. The minimum absolute atomic E-state index is 0.822. The zero-order valence-corrected chi connectivity index (χ0v) is 7.25. The smallest absolute Gasteiger partial charge is 0.399 e. The number of nitrogen functional groups attached to an aromatic ring is 1. The summed E-state index contributed by atoms with van der Waals surface area (Å²) in [6, 6.07) is 9.49. The van der Waals surface area contributed by atoms with Gasteiger partial charge in [0, 0.05) is 5.69 Å². The fourth-order valence-corrected chi connectivity index (χ4v) is 0.453. The van der Waals surface area contributed by atoms with E-state index in [2.05, 4.69) is 0 Å². The molecule has 0 heterocycles. The molecule has 0 aliphatic carbocycles. The quantitative estimate of drug-likeness (QED) is 0.256. The van der Waals surface area contributed by atoms with Gasteiger partial charge in [0.1, 0.15) is 0 Å². The molecule has 68 valence electrons. The molecule has 0 radical (unpaired) electrons. The Bertz CT molecular complexity index is 205. The van der Waals surface area contributed by atoms with E-state index in [0.717, 1.165) is 5.69 Å². The molecule has 6 heteroatoms. The lowest BCUT2D eigenvalue weighted by atomic mass is 10.3. The predicted molar refractivity (Wildman–Crippen MR) is 45.5 cm³/mol. The molecule has 0 aromatic heterocycles. The Morgan fingerprint density at radius 1 is 0.917 bits per heavy atom. The highest BCUT2D eigenvalue weighted by molar-refractivity contribution is 6.46. The van der Waals surface area contributed by atoms with Gasteiger partial charge in [-0.1, -0.05) is 18.2 Å². The zero-order chi connectivity index (χ0) is 9.61. The van der Waals surface area contributed by atoms with Crippen molar-refractivity contribution in [1.29, 1.82) is 0 Å². The van der Waals surface area contributed by atoms with Crippen LogP contribution in [-0.2, 0) is 0 Å². The fraction of sp³-hybridized carbons (Fsp3) is 0. The monoisotopic (exact) mass is 189 g/mol. The molecule has 1 aromatic carbocycles. The highest BCUT2D eigenvalue weighted by Crippen LogP contribution is 1.95. The average molecular weight is 189 g/mol. The molecule has 0 amide bonds. The molecular formula is C6H11NO4Si. The first-order valence-corrected chi connectivity index (χ1v) is 4.88. The SMILES string of the molecule is Nc1ccccc1.O[Si](O)(O)O. The second-order valence-electron chi connectivity index (χ2n) is 2.01. The van der Waals surface area contributed by atoms with E-state index in [4.69, 9.17) is 24.9 Å². The summed E-state index contributed by atoms with van der Waals surface area (Å²) in [5.41, 5.74) is 6.18. The van der Waals surface area contributed by atoms with Crippen LogP contribution in [0.2, 0.25) is 0 Å². The molecule has 1 aromatic rings. The lowest BCUT2D eigenvalue weighted by molar-refractivity contribution is 0.117. The molecule has 0 saturated heterocycles. The highest BCUT2D eigenvalue weighted by atomic mass is 28.4. The molecule has 0 bridgehead atoms. The molecule has 0 aliphatic heterocycles. The number of hydrogen-bond acceptors (Lipinski definition) is 5. The zero-order valence-electron chi connectivity index (χ0n) is 6.25. The number of para-hydroxylation sites is 1. The molecule has 5 nitrogen and oxygen atoms in total. The van der Waals surface area contributed by atoms with Crippen LogP contribution in [0.1, 0.15) is 0 Å². The van der Waals surface area contributed by atoms with Gasteiger partial charge in [0.2, 0.25) is 0 Å². The van der Waals surface area contributed by atoms with Crippen LogP contribution in [0.25, 0.3) is 0 Å². The summed E-state index contributed by atoms with van der Waals surface area (Å²) in [5.74, 6) is 0. The van der Waals surface area contributed by atoms with E-state index in [1.807, 2.05) is 30.3 Å². The van der Waals surface area contributed by atoms with E-state index in [1.54, 1.807) is 0 Å². The number of benzene rings is 1. The lowest BCUT2D eigenvalue weighted by Gasteiger charge is -1.91. The number of hydrogen-bond donors (Lipinski definition) is 5. The summed E-state index contributed by atoms with van der Waals surface area (Å²) in [4.78, 5) is 29.3. The van der Waals surface area contributed by atoms with Crippen molar-refractivity contribution in [2.75, 3.05) is 5.73 Å². The summed E-state index contributed by atoms with van der Waals surface area (Å²) in [5, 5.41) is 0. The normalized spacial score (nSPS) is 10.0. The van der Waals surface area contributed by atoms with Crippen LogP contribution in [0.15, 0.2) is 30.3 Å². The molecule has 0 saturated carbocycles. The summed E-state index contributed by atoms with van der Waals surface area (Å²) in [7, 11) is -4.61. The molecule has 0 spiro atoms. The standard InChI is InChI=1S/C6H7N.H4O4Si/c7-6-4-2-1-3-5-6;1-5(2,3)4/h1-5H,7H2;1-4H. The minimum Gasteiger partial charge on any atom is -0.399 e. The van der Waals surface area contributed by atoms with Crippen LogP contribution < -0.4 is 5.73 Å². The van der Waals surface area contributed by atoms with Crippen molar-refractivity contribution < 1.29 is 19.2 Å². The summed E-state index contributed by atoms with van der Waals surface area (Å²) >= 11 is 0. The fourth-order valence-electron chi connectivity index (χ4n) is 0.453. The van der Waals surface area contributed by atoms with Gasteiger partial charge in [0.25, 0.3) is 0 Å². The largest absolute Gasteiger partial charge is 0.668 e. The van der Waals surface area contributed by atoms with Crippen LogP contribution in [0.5, 0.6) is 0 Å².